The third-order valence-corrected chi connectivity index (χ3v) is 13.9. The molecule has 3 saturated carbocycles. The van der Waals surface area contributed by atoms with Crippen LogP contribution in [0.15, 0.2) is 35.9 Å². The fourth-order valence-corrected chi connectivity index (χ4v) is 11.0. The molecule has 0 heterocycles. The zero-order valence-corrected chi connectivity index (χ0v) is 32.2. The number of nitriles is 1. The van der Waals surface area contributed by atoms with E-state index >= 15 is 0 Å². The van der Waals surface area contributed by atoms with Crippen molar-refractivity contribution in [3.05, 3.63) is 47.0 Å². The van der Waals surface area contributed by atoms with Gasteiger partial charge in [-0.25, -0.2) is 0 Å². The minimum atomic E-state index is -0.675. The van der Waals surface area contributed by atoms with Crippen LogP contribution in [0.2, 0.25) is 0 Å². The molecule has 4 aliphatic rings. The van der Waals surface area contributed by atoms with E-state index in [-0.39, 0.29) is 30.8 Å². The molecule has 2 amide bonds. The van der Waals surface area contributed by atoms with E-state index in [1.54, 1.807) is 29.8 Å². The lowest BCUT2D eigenvalue weighted by molar-refractivity contribution is -0.127. The molecule has 1 aromatic carbocycles. The second kappa shape index (κ2) is 17.7. The third kappa shape index (κ3) is 9.53. The van der Waals surface area contributed by atoms with Crippen molar-refractivity contribution in [2.75, 3.05) is 13.2 Å². The van der Waals surface area contributed by atoms with Crippen LogP contribution in [0, 0.1) is 57.7 Å². The molecule has 4 aliphatic carbocycles. The zero-order valence-electron chi connectivity index (χ0n) is 32.2. The average molecular weight is 700 g/mol. The van der Waals surface area contributed by atoms with Gasteiger partial charge in [-0.15, -0.1) is 0 Å². The van der Waals surface area contributed by atoms with Crippen molar-refractivity contribution in [3.63, 3.8) is 0 Å². The first-order valence-electron chi connectivity index (χ1n) is 20.3. The minimum Gasteiger partial charge on any atom is -0.378 e. The summed E-state index contributed by atoms with van der Waals surface area (Å²) in [6.07, 6.45) is 19.3. The maximum Gasteiger partial charge on any atom is 0.221 e. The van der Waals surface area contributed by atoms with Crippen LogP contribution in [0.4, 0.5) is 0 Å². The number of carbonyl (C=O) groups is 3. The molecule has 280 valence electrons. The molecule has 7 heteroatoms. The monoisotopic (exact) mass is 699 g/mol. The first-order valence-corrected chi connectivity index (χ1v) is 20.3. The Labute approximate surface area is 308 Å². The molecular weight excluding hydrogens is 635 g/mol. The van der Waals surface area contributed by atoms with Gasteiger partial charge in [-0.05, 0) is 128 Å². The summed E-state index contributed by atoms with van der Waals surface area (Å²) in [6, 6.07) is 8.31. The van der Waals surface area contributed by atoms with E-state index in [1.165, 1.54) is 57.8 Å². The fourth-order valence-electron chi connectivity index (χ4n) is 11.0. The summed E-state index contributed by atoms with van der Waals surface area (Å²) in [5.74, 6) is 4.61. The van der Waals surface area contributed by atoms with Gasteiger partial charge in [0.2, 0.25) is 11.8 Å². The molecule has 3 unspecified atom stereocenters. The predicted molar refractivity (Wildman–Crippen MR) is 203 cm³/mol. The number of nitrogens with one attached hydrogen (secondary N) is 2. The van der Waals surface area contributed by atoms with Crippen LogP contribution in [0.1, 0.15) is 136 Å². The number of rotatable bonds is 17. The molecule has 0 radical (unpaired) electrons. The highest BCUT2D eigenvalue weighted by molar-refractivity contribution is 5.85. The number of fused-ring (bicyclic) bond motifs is 5. The smallest absolute Gasteiger partial charge is 0.221 e. The van der Waals surface area contributed by atoms with Crippen LogP contribution in [0.3, 0.4) is 0 Å². The van der Waals surface area contributed by atoms with Gasteiger partial charge in [0.05, 0.1) is 23.8 Å². The van der Waals surface area contributed by atoms with Crippen molar-refractivity contribution in [2.45, 2.75) is 143 Å². The summed E-state index contributed by atoms with van der Waals surface area (Å²) in [7, 11) is 0. The highest BCUT2D eigenvalue weighted by Gasteiger charge is 2.59. The van der Waals surface area contributed by atoms with Crippen molar-refractivity contribution in [2.24, 2.45) is 46.3 Å². The molecule has 0 saturated heterocycles. The molecule has 2 N–H and O–H groups in total. The number of carbonyl (C=O) groups excluding carboxylic acids is 3. The highest BCUT2D eigenvalue weighted by Crippen LogP contribution is 2.67. The van der Waals surface area contributed by atoms with Gasteiger partial charge >= 0.3 is 0 Å². The average Bonchev–Trinajstić information content (AvgIpc) is 3.47. The molecule has 9 atom stereocenters. The zero-order chi connectivity index (χ0) is 36.6. The Kier molecular flexibility index (Phi) is 13.6. The topological polar surface area (TPSA) is 108 Å². The van der Waals surface area contributed by atoms with E-state index in [0.29, 0.717) is 42.3 Å². The number of hydrogen-bond acceptors (Lipinski definition) is 5. The van der Waals surface area contributed by atoms with Gasteiger partial charge in [-0.3, -0.25) is 9.59 Å². The minimum absolute atomic E-state index is 0.0238. The number of hydrogen-bond donors (Lipinski definition) is 2. The van der Waals surface area contributed by atoms with Crippen LogP contribution in [0.5, 0.6) is 0 Å². The van der Waals surface area contributed by atoms with Crippen molar-refractivity contribution >= 4 is 18.1 Å². The van der Waals surface area contributed by atoms with Gasteiger partial charge in [0.15, 0.2) is 0 Å². The van der Waals surface area contributed by atoms with Crippen LogP contribution in [0.25, 0.3) is 0 Å². The summed E-state index contributed by atoms with van der Waals surface area (Å²) >= 11 is 0. The van der Waals surface area contributed by atoms with Crippen molar-refractivity contribution in [1.82, 2.24) is 10.6 Å². The normalized spacial score (nSPS) is 30.9. The first-order chi connectivity index (χ1) is 24.5. The predicted octanol–water partition coefficient (Wildman–Crippen LogP) is 8.50. The number of allylic oxidation sites excluding steroid dienone is 1. The quantitative estimate of drug-likeness (QED) is 0.0963. The van der Waals surface area contributed by atoms with E-state index in [0.717, 1.165) is 60.3 Å². The number of aldehydes is 1. The maximum atomic E-state index is 12.4. The maximum absolute atomic E-state index is 12.4. The molecule has 7 nitrogen and oxygen atoms in total. The molecule has 0 bridgehead atoms. The standard InChI is InChI=1S/C44H65N3O4/c1-30(2)8-6-9-31(3)38-16-17-39-37-15-14-34-27-36(20-22-43(34,4)40(37)21-23-44(38,39)5)51-25-7-24-46-41(49)18-19-42(50)47-35(29-48)26-32-10-12-33(28-45)13-11-32/h10-14,29-31,35-40H,6-9,15-27H2,1-5H3,(H,46,49)(H,47,50)/t31-,35+,36+,37?,38-,39?,40?,43+,44-/m1/s1. The lowest BCUT2D eigenvalue weighted by Crippen LogP contribution is -2.51. The Balaban J connectivity index is 0.994. The van der Waals surface area contributed by atoms with Gasteiger partial charge in [0.25, 0.3) is 0 Å². The number of nitrogens with zero attached hydrogens (tertiary/aromatic N) is 1. The SMILES string of the molecule is CC(C)CCC[C@@H](C)[C@H]1CCC2C3CC=C4C[C@@H](OCCCNC(=O)CCC(=O)N[C@H](C=O)Cc5ccc(C#N)cc5)CC[C@]4(C)C3CC[C@@]21C. The molecular formula is C44H65N3O4. The molecule has 0 spiro atoms. The lowest BCUT2D eigenvalue weighted by atomic mass is 9.47. The molecule has 5 rings (SSSR count). The summed E-state index contributed by atoms with van der Waals surface area (Å²) in [6.45, 7) is 13.7. The van der Waals surface area contributed by atoms with Gasteiger partial charge in [0, 0.05) is 26.0 Å². The van der Waals surface area contributed by atoms with Crippen molar-refractivity contribution < 1.29 is 19.1 Å². The van der Waals surface area contributed by atoms with E-state index < -0.39 is 6.04 Å². The second-order valence-electron chi connectivity index (χ2n) is 17.6. The van der Waals surface area contributed by atoms with Gasteiger partial charge < -0.3 is 20.2 Å². The second-order valence-corrected chi connectivity index (χ2v) is 17.6. The lowest BCUT2D eigenvalue weighted by Gasteiger charge is -2.58. The Morgan fingerprint density at radius 2 is 1.75 bits per heavy atom. The summed E-state index contributed by atoms with van der Waals surface area (Å²) in [5.41, 5.74) is 3.89. The first kappa shape index (κ1) is 39.2. The Hall–Kier alpha value is -2.98. The van der Waals surface area contributed by atoms with Crippen molar-refractivity contribution in [3.8, 4) is 6.07 Å². The highest BCUT2D eigenvalue weighted by atomic mass is 16.5. The summed E-state index contributed by atoms with van der Waals surface area (Å²) in [5, 5.41) is 14.6. The number of benzene rings is 1. The molecule has 3 fully saturated rings. The Morgan fingerprint density at radius 3 is 2.47 bits per heavy atom. The van der Waals surface area contributed by atoms with Gasteiger partial charge in [-0.1, -0.05) is 77.7 Å². The largest absolute Gasteiger partial charge is 0.378 e. The molecule has 1 aromatic rings. The number of amides is 2. The Bertz CT molecular complexity index is 1410. The van der Waals surface area contributed by atoms with Crippen LogP contribution in [-0.2, 0) is 25.5 Å². The molecule has 0 aliphatic heterocycles. The fraction of sp³-hybridized carbons (Fsp3) is 0.727. The van der Waals surface area contributed by atoms with E-state index in [4.69, 9.17) is 10.00 Å². The Morgan fingerprint density at radius 1 is 0.980 bits per heavy atom. The van der Waals surface area contributed by atoms with Gasteiger partial charge in [-0.2, -0.15) is 5.26 Å². The molecule has 0 aromatic heterocycles. The van der Waals surface area contributed by atoms with E-state index in [2.05, 4.69) is 57.4 Å². The molecule has 51 heavy (non-hydrogen) atoms. The number of ether oxygens (including phenoxy) is 1. The summed E-state index contributed by atoms with van der Waals surface area (Å²) in [4.78, 5) is 36.3. The third-order valence-electron chi connectivity index (χ3n) is 13.9. The van der Waals surface area contributed by atoms with Crippen LogP contribution < -0.4 is 10.6 Å². The van der Waals surface area contributed by atoms with E-state index in [9.17, 15) is 14.4 Å². The summed E-state index contributed by atoms with van der Waals surface area (Å²) < 4.78 is 6.38. The van der Waals surface area contributed by atoms with Crippen LogP contribution >= 0.6 is 0 Å². The van der Waals surface area contributed by atoms with E-state index in [1.807, 2.05) is 0 Å². The van der Waals surface area contributed by atoms with Gasteiger partial charge in [0.1, 0.15) is 6.29 Å². The van der Waals surface area contributed by atoms with Crippen molar-refractivity contribution in [1.29, 1.82) is 5.26 Å². The van der Waals surface area contributed by atoms with Crippen LogP contribution in [-0.4, -0.2) is 43.4 Å².